The number of halogens is 4. The summed E-state index contributed by atoms with van der Waals surface area (Å²) in [6.45, 7) is 0.422. The Labute approximate surface area is 226 Å². The molecule has 6 nitrogen and oxygen atoms in total. The van der Waals surface area contributed by atoms with E-state index >= 15 is 0 Å². The van der Waals surface area contributed by atoms with E-state index in [1.807, 2.05) is 12.1 Å². The minimum atomic E-state index is -2.89. The number of anilines is 1. The summed E-state index contributed by atoms with van der Waals surface area (Å²) in [5.74, 6) is -0.892. The Kier molecular flexibility index (Phi) is 7.24. The monoisotopic (exact) mass is 565 g/mol. The molecule has 2 N–H and O–H groups in total. The van der Waals surface area contributed by atoms with Gasteiger partial charge in [-0.25, -0.2) is 8.78 Å². The number of carbonyl (C=O) groups excluding carboxylic acids is 2. The molecule has 3 heterocycles. The van der Waals surface area contributed by atoms with Crippen molar-refractivity contribution in [2.75, 3.05) is 11.4 Å². The Morgan fingerprint density at radius 2 is 1.92 bits per heavy atom. The lowest BCUT2D eigenvalue weighted by Crippen LogP contribution is -2.44. The zero-order valence-electron chi connectivity index (χ0n) is 19.5. The van der Waals surface area contributed by atoms with Crippen LogP contribution in [0.2, 0.25) is 9.36 Å². The van der Waals surface area contributed by atoms with Crippen LogP contribution in [0.15, 0.2) is 48.7 Å². The summed E-state index contributed by atoms with van der Waals surface area (Å²) >= 11 is 13.1. The number of rotatable bonds is 6. The van der Waals surface area contributed by atoms with Gasteiger partial charge >= 0.3 is 0 Å². The summed E-state index contributed by atoms with van der Waals surface area (Å²) in [5, 5.41) is 14.5. The van der Waals surface area contributed by atoms with Crippen molar-refractivity contribution < 1.29 is 23.5 Å². The Hall–Kier alpha value is -2.59. The van der Waals surface area contributed by atoms with E-state index in [2.05, 4.69) is 10.3 Å². The van der Waals surface area contributed by atoms with Gasteiger partial charge in [0.25, 0.3) is 18.2 Å². The van der Waals surface area contributed by atoms with Gasteiger partial charge in [-0.2, -0.15) is 0 Å². The molecule has 5 rings (SSSR count). The zero-order chi connectivity index (χ0) is 26.3. The number of para-hydroxylation sites is 1. The predicted molar refractivity (Wildman–Crippen MR) is 139 cm³/mol. The summed E-state index contributed by atoms with van der Waals surface area (Å²) in [6.07, 6.45) is 0.895. The molecule has 0 bridgehead atoms. The molecule has 2 aliphatic rings. The van der Waals surface area contributed by atoms with Crippen LogP contribution in [0.4, 0.5) is 14.5 Å². The highest BCUT2D eigenvalue weighted by Crippen LogP contribution is 2.47. The number of amides is 2. The van der Waals surface area contributed by atoms with Gasteiger partial charge in [-0.3, -0.25) is 14.6 Å². The Morgan fingerprint density at radius 1 is 1.19 bits per heavy atom. The number of hydrogen-bond acceptors (Lipinski definition) is 5. The predicted octanol–water partition coefficient (Wildman–Crippen LogP) is 5.96. The molecule has 0 radical (unpaired) electrons. The standard InChI is InChI=1S/C26H23Cl2F2N3O3S/c27-15-11-17(22(23(29)30)31-12-15)24(34)32-16-7-5-14(6-8-16)13-33-19-4-2-1-3-18(19)26(36,25(33)35)20-9-10-21(28)37-20/h1-4,9-12,14,16,23,36H,5-8,13H2,(H,32,34). The summed E-state index contributed by atoms with van der Waals surface area (Å²) in [4.78, 5) is 32.0. The number of nitrogens with one attached hydrogen (secondary N) is 1. The second-order valence-electron chi connectivity index (χ2n) is 9.33. The molecule has 3 aromatic rings. The van der Waals surface area contributed by atoms with E-state index in [-0.39, 0.29) is 22.5 Å². The minimum Gasteiger partial charge on any atom is -0.371 e. The smallest absolute Gasteiger partial charge is 0.281 e. The van der Waals surface area contributed by atoms with Crippen LogP contribution in [-0.2, 0) is 10.4 Å². The minimum absolute atomic E-state index is 0.110. The first-order chi connectivity index (χ1) is 17.7. The number of benzene rings is 1. The molecule has 1 atom stereocenters. The van der Waals surface area contributed by atoms with Crippen LogP contribution in [0.5, 0.6) is 0 Å². The number of carbonyl (C=O) groups is 2. The number of hydrogen-bond donors (Lipinski definition) is 2. The maximum atomic E-state index is 13.6. The van der Waals surface area contributed by atoms with E-state index in [1.165, 1.54) is 17.4 Å². The van der Waals surface area contributed by atoms with Crippen molar-refractivity contribution in [3.05, 3.63) is 79.7 Å². The van der Waals surface area contributed by atoms with Crippen LogP contribution < -0.4 is 10.2 Å². The molecule has 194 valence electrons. The molecular weight excluding hydrogens is 543 g/mol. The van der Waals surface area contributed by atoms with Crippen molar-refractivity contribution >= 4 is 52.0 Å². The average molecular weight is 566 g/mol. The lowest BCUT2D eigenvalue weighted by molar-refractivity contribution is -0.132. The number of fused-ring (bicyclic) bond motifs is 1. The van der Waals surface area contributed by atoms with Crippen molar-refractivity contribution in [1.29, 1.82) is 0 Å². The van der Waals surface area contributed by atoms with Gasteiger partial charge in [0, 0.05) is 24.3 Å². The third-order valence-corrected chi connectivity index (χ3v) is 8.57. The normalized spacial score (nSPS) is 23.4. The molecule has 1 saturated carbocycles. The summed E-state index contributed by atoms with van der Waals surface area (Å²) in [6, 6.07) is 11.5. The van der Waals surface area contributed by atoms with Crippen LogP contribution >= 0.6 is 34.5 Å². The second-order valence-corrected chi connectivity index (χ2v) is 11.5. The average Bonchev–Trinajstić information content (AvgIpc) is 3.41. The van der Waals surface area contributed by atoms with Gasteiger partial charge in [-0.1, -0.05) is 41.4 Å². The van der Waals surface area contributed by atoms with Crippen LogP contribution in [0, 0.1) is 5.92 Å². The van der Waals surface area contributed by atoms with E-state index in [1.54, 1.807) is 29.2 Å². The maximum absolute atomic E-state index is 13.6. The van der Waals surface area contributed by atoms with Crippen molar-refractivity contribution in [3.63, 3.8) is 0 Å². The van der Waals surface area contributed by atoms with Gasteiger partial charge in [0.2, 0.25) is 5.60 Å². The van der Waals surface area contributed by atoms with E-state index in [0.29, 0.717) is 39.9 Å². The number of pyridine rings is 1. The summed E-state index contributed by atoms with van der Waals surface area (Å²) in [5.41, 5.74) is -1.40. The number of alkyl halides is 2. The fourth-order valence-electron chi connectivity index (χ4n) is 5.18. The molecule has 0 saturated heterocycles. The highest BCUT2D eigenvalue weighted by molar-refractivity contribution is 7.16. The van der Waals surface area contributed by atoms with Gasteiger partial charge in [-0.05, 0) is 55.9 Å². The molecule has 1 unspecified atom stereocenters. The van der Waals surface area contributed by atoms with Crippen LogP contribution in [-0.4, -0.2) is 34.5 Å². The maximum Gasteiger partial charge on any atom is 0.281 e. The summed E-state index contributed by atoms with van der Waals surface area (Å²) < 4.78 is 27.1. The van der Waals surface area contributed by atoms with Gasteiger partial charge in [0.15, 0.2) is 0 Å². The van der Waals surface area contributed by atoms with Gasteiger partial charge in [0.1, 0.15) is 5.69 Å². The first-order valence-electron chi connectivity index (χ1n) is 11.8. The van der Waals surface area contributed by atoms with E-state index < -0.39 is 29.5 Å². The van der Waals surface area contributed by atoms with Crippen LogP contribution in [0.3, 0.4) is 0 Å². The van der Waals surface area contributed by atoms with E-state index in [9.17, 15) is 23.5 Å². The zero-order valence-corrected chi connectivity index (χ0v) is 21.8. The Morgan fingerprint density at radius 3 is 2.59 bits per heavy atom. The van der Waals surface area contributed by atoms with Gasteiger partial charge in [-0.15, -0.1) is 11.3 Å². The quantitative estimate of drug-likeness (QED) is 0.386. The molecule has 2 amide bonds. The van der Waals surface area contributed by atoms with E-state index in [0.717, 1.165) is 19.0 Å². The molecule has 1 aliphatic carbocycles. The van der Waals surface area contributed by atoms with Crippen molar-refractivity contribution in [3.8, 4) is 0 Å². The van der Waals surface area contributed by atoms with Crippen LogP contribution in [0.1, 0.15) is 58.6 Å². The highest BCUT2D eigenvalue weighted by atomic mass is 35.5. The van der Waals surface area contributed by atoms with Crippen molar-refractivity contribution in [1.82, 2.24) is 10.3 Å². The van der Waals surface area contributed by atoms with E-state index in [4.69, 9.17) is 23.2 Å². The van der Waals surface area contributed by atoms with Gasteiger partial charge in [0.05, 0.1) is 25.5 Å². The third-order valence-electron chi connectivity index (χ3n) is 7.03. The molecule has 1 aliphatic heterocycles. The Bertz CT molecular complexity index is 1350. The molecule has 2 aromatic heterocycles. The lowest BCUT2D eigenvalue weighted by atomic mass is 9.85. The summed E-state index contributed by atoms with van der Waals surface area (Å²) in [7, 11) is 0. The van der Waals surface area contributed by atoms with Crippen molar-refractivity contribution in [2.24, 2.45) is 5.92 Å². The number of aliphatic hydroxyl groups is 1. The lowest BCUT2D eigenvalue weighted by Gasteiger charge is -2.32. The first kappa shape index (κ1) is 26.0. The first-order valence-corrected chi connectivity index (χ1v) is 13.4. The fraction of sp³-hybridized carbons (Fsp3) is 0.346. The van der Waals surface area contributed by atoms with Crippen LogP contribution in [0.25, 0.3) is 0 Å². The van der Waals surface area contributed by atoms with Gasteiger partial charge < -0.3 is 15.3 Å². The molecular formula is C26H23Cl2F2N3O3S. The topological polar surface area (TPSA) is 82.5 Å². The Balaban J connectivity index is 1.26. The number of nitrogens with zero attached hydrogens (tertiary/aromatic N) is 2. The third kappa shape index (κ3) is 4.85. The number of aromatic nitrogens is 1. The molecule has 0 spiro atoms. The number of thiophene rings is 1. The molecule has 11 heteroatoms. The van der Waals surface area contributed by atoms with Crippen molar-refractivity contribution in [2.45, 2.75) is 43.8 Å². The highest BCUT2D eigenvalue weighted by Gasteiger charge is 2.52. The second kappa shape index (κ2) is 10.3. The largest absolute Gasteiger partial charge is 0.371 e. The SMILES string of the molecule is O=C(NC1CCC(CN2C(=O)C(O)(c3ccc(Cl)s3)c3ccccc32)CC1)c1cc(Cl)cnc1C(F)F. The molecule has 37 heavy (non-hydrogen) atoms. The fourth-order valence-corrected chi connectivity index (χ4v) is 6.48. The molecule has 1 aromatic carbocycles. The molecule has 1 fully saturated rings.